The van der Waals surface area contributed by atoms with Gasteiger partial charge in [0.25, 0.3) is 0 Å². The number of nitrogen functional groups attached to an aromatic ring is 2. The van der Waals surface area contributed by atoms with Crippen LogP contribution in [0.15, 0.2) is 30.9 Å². The van der Waals surface area contributed by atoms with Crippen molar-refractivity contribution in [3.8, 4) is 0 Å². The van der Waals surface area contributed by atoms with Crippen LogP contribution in [0.25, 0.3) is 10.9 Å². The highest BCUT2D eigenvalue weighted by atomic mass is 15.3. The molecule has 78 valence electrons. The number of hydrogen-bond acceptors (Lipinski definition) is 4. The fourth-order valence-electron chi connectivity index (χ4n) is 1.51. The average Bonchev–Trinajstić information content (AvgIpc) is 2.55. The van der Waals surface area contributed by atoms with Crippen molar-refractivity contribution >= 4 is 22.4 Å². The summed E-state index contributed by atoms with van der Waals surface area (Å²) in [5, 5.41) is 4.96. The lowest BCUT2D eigenvalue weighted by Crippen LogP contribution is -2.17. The zero-order chi connectivity index (χ0) is 11.0. The van der Waals surface area contributed by atoms with Gasteiger partial charge in [0, 0.05) is 11.1 Å². The summed E-state index contributed by atoms with van der Waals surface area (Å²) < 4.78 is 1.62. The number of nitrogens with zero attached hydrogens (tertiary/aromatic N) is 2. The first kappa shape index (κ1) is 9.54. The normalized spacial score (nSPS) is 12.9. The number of fused-ring (bicyclic) bond motifs is 1. The summed E-state index contributed by atoms with van der Waals surface area (Å²) in [5.74, 6) is 0.426. The van der Waals surface area contributed by atoms with Crippen LogP contribution >= 0.6 is 0 Å². The summed E-state index contributed by atoms with van der Waals surface area (Å²) in [6.07, 6.45) is 1.22. The number of rotatable bonds is 2. The molecule has 0 fully saturated rings. The molecule has 1 atom stereocenters. The van der Waals surface area contributed by atoms with Crippen molar-refractivity contribution in [2.45, 2.75) is 6.17 Å². The Morgan fingerprint density at radius 3 is 2.80 bits per heavy atom. The molecule has 1 heterocycles. The van der Waals surface area contributed by atoms with Gasteiger partial charge >= 0.3 is 0 Å². The van der Waals surface area contributed by atoms with Gasteiger partial charge in [-0.1, -0.05) is 12.7 Å². The van der Waals surface area contributed by atoms with Crippen LogP contribution in [-0.2, 0) is 0 Å². The van der Waals surface area contributed by atoms with E-state index in [9.17, 15) is 0 Å². The highest BCUT2D eigenvalue weighted by Gasteiger charge is 2.11. The first-order valence-electron chi connectivity index (χ1n) is 4.55. The Morgan fingerprint density at radius 2 is 2.13 bits per heavy atom. The Labute approximate surface area is 87.1 Å². The molecule has 6 N–H and O–H groups in total. The third kappa shape index (κ3) is 1.42. The molecule has 1 unspecified atom stereocenters. The standard InChI is InChI=1S/C10H13N5/c1-2-9(12)15-8-4-3-6(11)5-7(8)10(13)14-15/h2-5,9H,1,11-12H2,(H2,13,14). The molecule has 2 aromatic rings. The fraction of sp³-hybridized carbons (Fsp3) is 0.100. The van der Waals surface area contributed by atoms with Gasteiger partial charge in [-0.25, -0.2) is 4.68 Å². The first-order chi connectivity index (χ1) is 7.13. The highest BCUT2D eigenvalue weighted by Crippen LogP contribution is 2.24. The number of benzene rings is 1. The molecule has 0 aliphatic heterocycles. The van der Waals surface area contributed by atoms with E-state index < -0.39 is 0 Å². The van der Waals surface area contributed by atoms with Gasteiger partial charge in [0.1, 0.15) is 6.17 Å². The molecule has 0 bridgehead atoms. The molecule has 0 aliphatic rings. The minimum Gasteiger partial charge on any atom is -0.399 e. The van der Waals surface area contributed by atoms with Crippen LogP contribution < -0.4 is 17.2 Å². The second kappa shape index (κ2) is 3.29. The van der Waals surface area contributed by atoms with Gasteiger partial charge in [0.05, 0.1) is 5.52 Å². The molecule has 0 aliphatic carbocycles. The SMILES string of the molecule is C=CC(N)n1nc(N)c2cc(N)ccc21. The maximum Gasteiger partial charge on any atom is 0.153 e. The third-order valence-electron chi connectivity index (χ3n) is 2.28. The van der Waals surface area contributed by atoms with Gasteiger partial charge in [0.2, 0.25) is 0 Å². The summed E-state index contributed by atoms with van der Waals surface area (Å²) in [7, 11) is 0. The Bertz CT molecular complexity index is 514. The molecule has 2 rings (SSSR count). The van der Waals surface area contributed by atoms with Gasteiger partial charge < -0.3 is 17.2 Å². The topological polar surface area (TPSA) is 95.9 Å². The average molecular weight is 203 g/mol. The Morgan fingerprint density at radius 1 is 1.40 bits per heavy atom. The van der Waals surface area contributed by atoms with Crippen LogP contribution in [0.5, 0.6) is 0 Å². The lowest BCUT2D eigenvalue weighted by atomic mass is 10.2. The summed E-state index contributed by atoms with van der Waals surface area (Å²) >= 11 is 0. The van der Waals surface area contributed by atoms with E-state index in [1.54, 1.807) is 22.9 Å². The Hall–Kier alpha value is -2.01. The van der Waals surface area contributed by atoms with E-state index in [2.05, 4.69) is 11.7 Å². The van der Waals surface area contributed by atoms with E-state index in [4.69, 9.17) is 17.2 Å². The molecule has 5 heteroatoms. The number of nitrogens with two attached hydrogens (primary N) is 3. The van der Waals surface area contributed by atoms with E-state index in [0.29, 0.717) is 11.5 Å². The van der Waals surface area contributed by atoms with Crippen molar-refractivity contribution < 1.29 is 0 Å². The van der Waals surface area contributed by atoms with Crippen LogP contribution in [0.3, 0.4) is 0 Å². The maximum absolute atomic E-state index is 5.81. The minimum absolute atomic E-state index is 0.381. The van der Waals surface area contributed by atoms with E-state index in [1.165, 1.54) is 0 Å². The van der Waals surface area contributed by atoms with Crippen LogP contribution in [0.2, 0.25) is 0 Å². The molecule has 0 amide bonds. The molecule has 1 aromatic carbocycles. The van der Waals surface area contributed by atoms with Gasteiger partial charge in [-0.3, -0.25) is 0 Å². The fourth-order valence-corrected chi connectivity index (χ4v) is 1.51. The van der Waals surface area contributed by atoms with Crippen molar-refractivity contribution in [3.63, 3.8) is 0 Å². The first-order valence-corrected chi connectivity index (χ1v) is 4.55. The van der Waals surface area contributed by atoms with E-state index in [-0.39, 0.29) is 6.17 Å². The molecule has 0 spiro atoms. The van der Waals surface area contributed by atoms with Gasteiger partial charge in [-0.05, 0) is 18.2 Å². The predicted molar refractivity (Wildman–Crippen MR) is 62.0 cm³/mol. The minimum atomic E-state index is -0.381. The van der Waals surface area contributed by atoms with Crippen LogP contribution in [0.4, 0.5) is 11.5 Å². The van der Waals surface area contributed by atoms with Crippen molar-refractivity contribution in [2.24, 2.45) is 5.73 Å². The second-order valence-corrected chi connectivity index (χ2v) is 3.33. The molecule has 15 heavy (non-hydrogen) atoms. The van der Waals surface area contributed by atoms with Gasteiger partial charge in [-0.15, -0.1) is 0 Å². The molecular formula is C10H13N5. The summed E-state index contributed by atoms with van der Waals surface area (Å²) in [6, 6.07) is 5.41. The maximum atomic E-state index is 5.81. The lowest BCUT2D eigenvalue weighted by Gasteiger charge is -2.07. The van der Waals surface area contributed by atoms with Crippen LogP contribution in [0, 0.1) is 0 Å². The number of anilines is 2. The number of aromatic nitrogens is 2. The van der Waals surface area contributed by atoms with Crippen molar-refractivity contribution in [1.29, 1.82) is 0 Å². The largest absolute Gasteiger partial charge is 0.399 e. The Kier molecular flexibility index (Phi) is 2.09. The molecule has 5 nitrogen and oxygen atoms in total. The summed E-state index contributed by atoms with van der Waals surface area (Å²) in [4.78, 5) is 0. The lowest BCUT2D eigenvalue weighted by molar-refractivity contribution is 0.580. The van der Waals surface area contributed by atoms with Crippen LogP contribution in [0.1, 0.15) is 6.17 Å². The molecule has 1 aromatic heterocycles. The van der Waals surface area contributed by atoms with E-state index in [0.717, 1.165) is 10.9 Å². The van der Waals surface area contributed by atoms with Crippen molar-refractivity contribution in [1.82, 2.24) is 9.78 Å². The second-order valence-electron chi connectivity index (χ2n) is 3.33. The molecule has 0 saturated heterocycles. The van der Waals surface area contributed by atoms with E-state index >= 15 is 0 Å². The smallest absolute Gasteiger partial charge is 0.153 e. The summed E-state index contributed by atoms with van der Waals surface area (Å²) in [6.45, 7) is 3.62. The van der Waals surface area contributed by atoms with E-state index in [1.807, 2.05) is 6.07 Å². The highest BCUT2D eigenvalue weighted by molar-refractivity contribution is 5.91. The van der Waals surface area contributed by atoms with Crippen molar-refractivity contribution in [3.05, 3.63) is 30.9 Å². The predicted octanol–water partition coefficient (Wildman–Crippen LogP) is 0.844. The third-order valence-corrected chi connectivity index (χ3v) is 2.28. The van der Waals surface area contributed by atoms with Gasteiger partial charge in [-0.2, -0.15) is 5.10 Å². The summed E-state index contributed by atoms with van der Waals surface area (Å²) in [5.41, 5.74) is 18.7. The monoisotopic (exact) mass is 203 g/mol. The molecular weight excluding hydrogens is 190 g/mol. The van der Waals surface area contributed by atoms with Gasteiger partial charge in [0.15, 0.2) is 5.82 Å². The zero-order valence-corrected chi connectivity index (χ0v) is 8.22. The quantitative estimate of drug-likeness (QED) is 0.498. The number of hydrogen-bond donors (Lipinski definition) is 3. The molecule has 0 radical (unpaired) electrons. The molecule has 0 saturated carbocycles. The van der Waals surface area contributed by atoms with Crippen LogP contribution in [-0.4, -0.2) is 9.78 Å². The Balaban J connectivity index is 2.73. The zero-order valence-electron chi connectivity index (χ0n) is 8.22. The van der Waals surface area contributed by atoms with Crippen molar-refractivity contribution in [2.75, 3.05) is 11.5 Å².